The standard InChI is InChI=1S/C14H22N4O2/c1-3-12-6-11(7-13(16-12)17-15)14(20)18-5-4-10(8-18)9(2)19/h6-7,9-10,19H,3-5,8,15H2,1-2H3,(H,16,17). The summed E-state index contributed by atoms with van der Waals surface area (Å²) in [7, 11) is 0. The Morgan fingerprint density at radius 2 is 2.40 bits per heavy atom. The summed E-state index contributed by atoms with van der Waals surface area (Å²) in [6.07, 6.45) is 1.21. The molecule has 1 amide bonds. The number of amides is 1. The average molecular weight is 278 g/mol. The van der Waals surface area contributed by atoms with Crippen LogP contribution in [-0.4, -0.2) is 40.1 Å². The summed E-state index contributed by atoms with van der Waals surface area (Å²) in [6, 6.07) is 3.47. The van der Waals surface area contributed by atoms with Crippen molar-refractivity contribution in [2.75, 3.05) is 18.5 Å². The number of pyridine rings is 1. The Kier molecular flexibility index (Phi) is 4.57. The first-order valence-corrected chi connectivity index (χ1v) is 7.00. The zero-order chi connectivity index (χ0) is 14.7. The Labute approximate surface area is 119 Å². The van der Waals surface area contributed by atoms with E-state index in [0.717, 1.165) is 18.5 Å². The molecule has 1 fully saturated rings. The molecule has 1 aromatic heterocycles. The first-order chi connectivity index (χ1) is 9.55. The smallest absolute Gasteiger partial charge is 0.254 e. The van der Waals surface area contributed by atoms with E-state index in [1.165, 1.54) is 0 Å². The number of carbonyl (C=O) groups excluding carboxylic acids is 1. The molecule has 4 N–H and O–H groups in total. The van der Waals surface area contributed by atoms with Crippen LogP contribution in [0.2, 0.25) is 0 Å². The minimum absolute atomic E-state index is 0.0262. The zero-order valence-corrected chi connectivity index (χ0v) is 12.0. The van der Waals surface area contributed by atoms with Gasteiger partial charge in [-0.1, -0.05) is 6.92 Å². The molecule has 0 radical (unpaired) electrons. The van der Waals surface area contributed by atoms with Crippen molar-refractivity contribution in [3.05, 3.63) is 23.4 Å². The number of hydrogen-bond donors (Lipinski definition) is 3. The van der Waals surface area contributed by atoms with Crippen molar-refractivity contribution in [2.24, 2.45) is 11.8 Å². The average Bonchev–Trinajstić information content (AvgIpc) is 2.95. The van der Waals surface area contributed by atoms with Gasteiger partial charge in [0.25, 0.3) is 5.91 Å². The number of anilines is 1. The van der Waals surface area contributed by atoms with E-state index in [9.17, 15) is 9.90 Å². The maximum atomic E-state index is 12.5. The normalized spacial score (nSPS) is 20.0. The Bertz CT molecular complexity index is 468. The summed E-state index contributed by atoms with van der Waals surface area (Å²) in [5, 5.41) is 9.61. The van der Waals surface area contributed by atoms with Gasteiger partial charge in [0.05, 0.1) is 6.10 Å². The van der Waals surface area contributed by atoms with Gasteiger partial charge in [-0.2, -0.15) is 0 Å². The molecule has 110 valence electrons. The zero-order valence-electron chi connectivity index (χ0n) is 12.0. The molecule has 6 heteroatoms. The molecule has 2 heterocycles. The van der Waals surface area contributed by atoms with Crippen LogP contribution in [0.3, 0.4) is 0 Å². The molecule has 2 rings (SSSR count). The summed E-state index contributed by atoms with van der Waals surface area (Å²) in [5.41, 5.74) is 3.92. The third-order valence-electron chi connectivity index (χ3n) is 3.83. The van der Waals surface area contributed by atoms with Crippen LogP contribution in [0.15, 0.2) is 12.1 Å². The highest BCUT2D eigenvalue weighted by molar-refractivity contribution is 5.95. The van der Waals surface area contributed by atoms with Gasteiger partial charge in [-0.15, -0.1) is 0 Å². The van der Waals surface area contributed by atoms with Crippen LogP contribution in [0.4, 0.5) is 5.82 Å². The monoisotopic (exact) mass is 278 g/mol. The van der Waals surface area contributed by atoms with Gasteiger partial charge in [-0.25, -0.2) is 10.8 Å². The van der Waals surface area contributed by atoms with E-state index < -0.39 is 0 Å². The Morgan fingerprint density at radius 1 is 1.65 bits per heavy atom. The minimum Gasteiger partial charge on any atom is -0.393 e. The lowest BCUT2D eigenvalue weighted by Crippen LogP contribution is -2.30. The molecule has 20 heavy (non-hydrogen) atoms. The highest BCUT2D eigenvalue weighted by Gasteiger charge is 2.29. The maximum absolute atomic E-state index is 12.5. The number of aliphatic hydroxyl groups excluding tert-OH is 1. The molecular weight excluding hydrogens is 256 g/mol. The number of nitrogens with zero attached hydrogens (tertiary/aromatic N) is 2. The van der Waals surface area contributed by atoms with Crippen LogP contribution in [0.25, 0.3) is 0 Å². The Morgan fingerprint density at radius 3 is 2.95 bits per heavy atom. The largest absolute Gasteiger partial charge is 0.393 e. The number of rotatable bonds is 4. The summed E-state index contributed by atoms with van der Waals surface area (Å²) in [5.74, 6) is 6.03. The lowest BCUT2D eigenvalue weighted by molar-refractivity contribution is 0.0762. The maximum Gasteiger partial charge on any atom is 0.254 e. The van der Waals surface area contributed by atoms with Gasteiger partial charge in [0, 0.05) is 30.3 Å². The molecule has 2 unspecified atom stereocenters. The van der Waals surface area contributed by atoms with Crippen molar-refractivity contribution >= 4 is 11.7 Å². The third kappa shape index (κ3) is 3.08. The topological polar surface area (TPSA) is 91.5 Å². The quantitative estimate of drug-likeness (QED) is 0.559. The van der Waals surface area contributed by atoms with E-state index in [-0.39, 0.29) is 17.9 Å². The predicted molar refractivity (Wildman–Crippen MR) is 77.1 cm³/mol. The Hall–Kier alpha value is -1.66. The second-order valence-corrected chi connectivity index (χ2v) is 5.27. The Balaban J connectivity index is 2.17. The number of likely N-dealkylation sites (tertiary alicyclic amines) is 1. The highest BCUT2D eigenvalue weighted by atomic mass is 16.3. The summed E-state index contributed by atoms with van der Waals surface area (Å²) in [6.45, 7) is 5.04. The van der Waals surface area contributed by atoms with Crippen molar-refractivity contribution < 1.29 is 9.90 Å². The molecule has 6 nitrogen and oxygen atoms in total. The van der Waals surface area contributed by atoms with E-state index in [1.54, 1.807) is 24.0 Å². The molecule has 1 saturated heterocycles. The van der Waals surface area contributed by atoms with Crippen molar-refractivity contribution in [3.8, 4) is 0 Å². The van der Waals surface area contributed by atoms with Gasteiger partial charge in [0.15, 0.2) is 0 Å². The number of nitrogens with one attached hydrogen (secondary N) is 1. The van der Waals surface area contributed by atoms with Crippen LogP contribution in [0, 0.1) is 5.92 Å². The van der Waals surface area contributed by atoms with Crippen LogP contribution in [0.5, 0.6) is 0 Å². The van der Waals surface area contributed by atoms with Crippen LogP contribution in [0.1, 0.15) is 36.3 Å². The van der Waals surface area contributed by atoms with Crippen LogP contribution < -0.4 is 11.3 Å². The molecule has 2 atom stereocenters. The van der Waals surface area contributed by atoms with E-state index in [0.29, 0.717) is 24.5 Å². The summed E-state index contributed by atoms with van der Waals surface area (Å²) < 4.78 is 0. The molecule has 1 aliphatic rings. The number of aryl methyl sites for hydroxylation is 1. The van der Waals surface area contributed by atoms with Gasteiger partial charge in [0.1, 0.15) is 5.82 Å². The van der Waals surface area contributed by atoms with E-state index in [1.807, 2.05) is 6.92 Å². The first-order valence-electron chi connectivity index (χ1n) is 7.00. The van der Waals surface area contributed by atoms with Crippen LogP contribution in [-0.2, 0) is 6.42 Å². The second kappa shape index (κ2) is 6.19. The third-order valence-corrected chi connectivity index (χ3v) is 3.83. The number of hydrazine groups is 1. The fourth-order valence-electron chi connectivity index (χ4n) is 2.51. The molecule has 0 bridgehead atoms. The lowest BCUT2D eigenvalue weighted by atomic mass is 10.0. The summed E-state index contributed by atoms with van der Waals surface area (Å²) in [4.78, 5) is 18.6. The van der Waals surface area contributed by atoms with Gasteiger partial charge in [0.2, 0.25) is 0 Å². The number of aromatic nitrogens is 1. The summed E-state index contributed by atoms with van der Waals surface area (Å²) >= 11 is 0. The van der Waals surface area contributed by atoms with Gasteiger partial charge >= 0.3 is 0 Å². The number of nitrogen functional groups attached to an aromatic ring is 1. The molecule has 1 aromatic rings. The van der Waals surface area contributed by atoms with Crippen LogP contribution >= 0.6 is 0 Å². The predicted octanol–water partition coefficient (Wildman–Crippen LogP) is 0.772. The molecule has 1 aliphatic heterocycles. The van der Waals surface area contributed by atoms with E-state index in [4.69, 9.17) is 5.84 Å². The molecule has 0 aromatic carbocycles. The first kappa shape index (κ1) is 14.7. The van der Waals surface area contributed by atoms with E-state index >= 15 is 0 Å². The number of carbonyl (C=O) groups is 1. The minimum atomic E-state index is -0.377. The lowest BCUT2D eigenvalue weighted by Gasteiger charge is -2.18. The fourth-order valence-corrected chi connectivity index (χ4v) is 2.51. The van der Waals surface area contributed by atoms with Crippen molar-refractivity contribution in [3.63, 3.8) is 0 Å². The molecule has 0 aliphatic carbocycles. The van der Waals surface area contributed by atoms with Crippen molar-refractivity contribution in [2.45, 2.75) is 32.8 Å². The fraction of sp³-hybridized carbons (Fsp3) is 0.571. The SMILES string of the molecule is CCc1cc(C(=O)N2CCC(C(C)O)C2)cc(NN)n1. The highest BCUT2D eigenvalue weighted by Crippen LogP contribution is 2.22. The second-order valence-electron chi connectivity index (χ2n) is 5.27. The van der Waals surface area contributed by atoms with Gasteiger partial charge < -0.3 is 15.4 Å². The number of hydrogen-bond acceptors (Lipinski definition) is 5. The molecular formula is C14H22N4O2. The number of aliphatic hydroxyl groups is 1. The van der Waals surface area contributed by atoms with Gasteiger partial charge in [-0.05, 0) is 31.9 Å². The van der Waals surface area contributed by atoms with E-state index in [2.05, 4.69) is 10.4 Å². The van der Waals surface area contributed by atoms with Crippen molar-refractivity contribution in [1.29, 1.82) is 0 Å². The number of nitrogens with two attached hydrogens (primary N) is 1. The molecule has 0 saturated carbocycles. The molecule has 0 spiro atoms. The van der Waals surface area contributed by atoms with Crippen molar-refractivity contribution in [1.82, 2.24) is 9.88 Å². The van der Waals surface area contributed by atoms with Gasteiger partial charge in [-0.3, -0.25) is 4.79 Å².